The molecule has 7 heteroatoms. The Morgan fingerprint density at radius 1 is 1.24 bits per heavy atom. The van der Waals surface area contributed by atoms with E-state index in [0.29, 0.717) is 29.6 Å². The molecule has 0 fully saturated rings. The highest BCUT2D eigenvalue weighted by Crippen LogP contribution is 2.38. The Bertz CT molecular complexity index is 875. The molecular formula is C18H20N4O2S. The molecule has 0 aliphatic carbocycles. The number of methoxy groups -OCH3 is 1. The fraction of sp³-hybridized carbons (Fsp3) is 0.278. The number of carbonyl (C=O) groups is 1. The number of carbonyl (C=O) groups excluding carboxylic acids is 1. The van der Waals surface area contributed by atoms with Crippen LogP contribution in [0.2, 0.25) is 0 Å². The summed E-state index contributed by atoms with van der Waals surface area (Å²) in [7, 11) is 1.57. The highest BCUT2D eigenvalue weighted by atomic mass is 32.1. The maximum absolute atomic E-state index is 12.3. The number of nitrogens with one attached hydrogen (secondary N) is 1. The smallest absolute Gasteiger partial charge is 0.323 e. The third-order valence-corrected chi connectivity index (χ3v) is 4.93. The van der Waals surface area contributed by atoms with Gasteiger partial charge in [-0.3, -0.25) is 5.32 Å². The van der Waals surface area contributed by atoms with Crippen molar-refractivity contribution in [2.24, 2.45) is 0 Å². The van der Waals surface area contributed by atoms with Crippen molar-refractivity contribution in [2.45, 2.75) is 13.8 Å². The van der Waals surface area contributed by atoms with Gasteiger partial charge in [-0.05, 0) is 19.4 Å². The SMILES string of the molecule is CCN(CC)C(=O)Nc1nc2c(OC)ncc(-c3ccccc3)c2s1. The lowest BCUT2D eigenvalue weighted by molar-refractivity contribution is 0.217. The molecule has 0 spiro atoms. The first-order chi connectivity index (χ1) is 12.2. The van der Waals surface area contributed by atoms with Crippen LogP contribution in [0.3, 0.4) is 0 Å². The molecule has 2 heterocycles. The van der Waals surface area contributed by atoms with Gasteiger partial charge in [0.15, 0.2) is 5.13 Å². The van der Waals surface area contributed by atoms with E-state index in [2.05, 4.69) is 15.3 Å². The molecule has 0 unspecified atom stereocenters. The predicted octanol–water partition coefficient (Wildman–Crippen LogP) is 4.24. The van der Waals surface area contributed by atoms with E-state index in [4.69, 9.17) is 4.74 Å². The summed E-state index contributed by atoms with van der Waals surface area (Å²) in [5.74, 6) is 0.453. The Morgan fingerprint density at radius 3 is 2.60 bits per heavy atom. The van der Waals surface area contributed by atoms with Crippen LogP contribution in [0.4, 0.5) is 9.93 Å². The minimum Gasteiger partial charge on any atom is -0.479 e. The molecule has 6 nitrogen and oxygen atoms in total. The number of rotatable bonds is 5. The number of thiazole rings is 1. The number of fused-ring (bicyclic) bond motifs is 1. The fourth-order valence-corrected chi connectivity index (χ4v) is 3.58. The monoisotopic (exact) mass is 356 g/mol. The largest absolute Gasteiger partial charge is 0.479 e. The van der Waals surface area contributed by atoms with Crippen LogP contribution in [0.5, 0.6) is 5.88 Å². The van der Waals surface area contributed by atoms with Gasteiger partial charge in [0.2, 0.25) is 5.88 Å². The highest BCUT2D eigenvalue weighted by Gasteiger charge is 2.18. The molecule has 2 amide bonds. The Balaban J connectivity index is 2.04. The summed E-state index contributed by atoms with van der Waals surface area (Å²) in [5, 5.41) is 3.41. The number of hydrogen-bond donors (Lipinski definition) is 1. The van der Waals surface area contributed by atoms with Crippen molar-refractivity contribution in [1.29, 1.82) is 0 Å². The topological polar surface area (TPSA) is 67.4 Å². The van der Waals surface area contributed by atoms with Gasteiger partial charge in [0.05, 0.1) is 11.8 Å². The summed E-state index contributed by atoms with van der Waals surface area (Å²) in [6.07, 6.45) is 1.78. The van der Waals surface area contributed by atoms with Crippen molar-refractivity contribution in [3.05, 3.63) is 36.5 Å². The van der Waals surface area contributed by atoms with Crippen LogP contribution in [0.1, 0.15) is 13.8 Å². The van der Waals surface area contributed by atoms with Crippen LogP contribution < -0.4 is 10.1 Å². The average molecular weight is 356 g/mol. The number of ether oxygens (including phenoxy) is 1. The molecule has 0 saturated carbocycles. The summed E-state index contributed by atoms with van der Waals surface area (Å²) >= 11 is 1.43. The third-order valence-electron chi connectivity index (χ3n) is 3.93. The van der Waals surface area contributed by atoms with E-state index in [-0.39, 0.29) is 6.03 Å². The zero-order valence-corrected chi connectivity index (χ0v) is 15.3. The lowest BCUT2D eigenvalue weighted by atomic mass is 10.1. The first kappa shape index (κ1) is 17.2. The van der Waals surface area contributed by atoms with Crippen molar-refractivity contribution in [1.82, 2.24) is 14.9 Å². The lowest BCUT2D eigenvalue weighted by Crippen LogP contribution is -2.34. The molecule has 3 aromatic rings. The zero-order valence-electron chi connectivity index (χ0n) is 14.4. The van der Waals surface area contributed by atoms with Gasteiger partial charge < -0.3 is 9.64 Å². The number of pyridine rings is 1. The Kier molecular flexibility index (Phi) is 5.14. The van der Waals surface area contributed by atoms with Crippen molar-refractivity contribution >= 4 is 32.7 Å². The van der Waals surface area contributed by atoms with Crippen LogP contribution >= 0.6 is 11.3 Å². The van der Waals surface area contributed by atoms with E-state index in [1.54, 1.807) is 18.2 Å². The second-order valence-corrected chi connectivity index (χ2v) is 6.35. The van der Waals surface area contributed by atoms with E-state index in [1.165, 1.54) is 11.3 Å². The standard InChI is InChI=1S/C18H20N4O2S/c1-4-22(5-2)18(23)21-17-20-14-15(25-17)13(11-19-16(14)24-3)12-9-7-6-8-10-12/h6-11H,4-5H2,1-3H3,(H,20,21,23). The Labute approximate surface area is 150 Å². The van der Waals surface area contributed by atoms with Gasteiger partial charge in [-0.15, -0.1) is 0 Å². The van der Waals surface area contributed by atoms with E-state index in [9.17, 15) is 4.79 Å². The van der Waals surface area contributed by atoms with Crippen LogP contribution in [0.15, 0.2) is 36.5 Å². The number of anilines is 1. The molecule has 0 bridgehead atoms. The molecule has 25 heavy (non-hydrogen) atoms. The molecule has 0 aliphatic heterocycles. The molecule has 130 valence electrons. The van der Waals surface area contributed by atoms with Crippen LogP contribution in [-0.4, -0.2) is 41.1 Å². The number of nitrogens with zero attached hydrogens (tertiary/aromatic N) is 3. The Morgan fingerprint density at radius 2 is 1.96 bits per heavy atom. The third kappa shape index (κ3) is 3.41. The van der Waals surface area contributed by atoms with Gasteiger partial charge in [-0.25, -0.2) is 14.8 Å². The number of aromatic nitrogens is 2. The highest BCUT2D eigenvalue weighted by molar-refractivity contribution is 7.23. The second-order valence-electron chi connectivity index (χ2n) is 5.35. The van der Waals surface area contributed by atoms with Gasteiger partial charge in [0.25, 0.3) is 0 Å². The van der Waals surface area contributed by atoms with E-state index >= 15 is 0 Å². The minimum atomic E-state index is -0.155. The first-order valence-corrected chi connectivity index (χ1v) is 8.94. The van der Waals surface area contributed by atoms with Gasteiger partial charge >= 0.3 is 6.03 Å². The minimum absolute atomic E-state index is 0.155. The van der Waals surface area contributed by atoms with Crippen LogP contribution in [0.25, 0.3) is 21.3 Å². The number of hydrogen-bond acceptors (Lipinski definition) is 5. The number of amides is 2. The molecule has 1 aromatic carbocycles. The van der Waals surface area contributed by atoms with Crippen molar-refractivity contribution < 1.29 is 9.53 Å². The van der Waals surface area contributed by atoms with Crippen molar-refractivity contribution in [2.75, 3.05) is 25.5 Å². The van der Waals surface area contributed by atoms with Crippen LogP contribution in [0, 0.1) is 0 Å². The summed E-state index contributed by atoms with van der Waals surface area (Å²) in [4.78, 5) is 22.9. The van der Waals surface area contributed by atoms with Gasteiger partial charge in [-0.1, -0.05) is 41.7 Å². The summed E-state index contributed by atoms with van der Waals surface area (Å²) in [6.45, 7) is 5.19. The Hall–Kier alpha value is -2.67. The van der Waals surface area contributed by atoms with Crippen molar-refractivity contribution in [3.8, 4) is 17.0 Å². The first-order valence-electron chi connectivity index (χ1n) is 8.12. The summed E-state index contributed by atoms with van der Waals surface area (Å²) in [5.41, 5.74) is 2.67. The summed E-state index contributed by atoms with van der Waals surface area (Å²) in [6, 6.07) is 9.83. The average Bonchev–Trinajstić information content (AvgIpc) is 3.06. The maximum atomic E-state index is 12.3. The maximum Gasteiger partial charge on any atom is 0.323 e. The van der Waals surface area contributed by atoms with Gasteiger partial charge in [0.1, 0.15) is 5.52 Å². The number of benzene rings is 1. The van der Waals surface area contributed by atoms with Gasteiger partial charge in [-0.2, -0.15) is 0 Å². The molecule has 0 saturated heterocycles. The predicted molar refractivity (Wildman–Crippen MR) is 101 cm³/mol. The summed E-state index contributed by atoms with van der Waals surface area (Å²) < 4.78 is 6.27. The zero-order chi connectivity index (χ0) is 17.8. The van der Waals surface area contributed by atoms with E-state index in [1.807, 2.05) is 44.2 Å². The molecule has 2 aromatic heterocycles. The second kappa shape index (κ2) is 7.48. The van der Waals surface area contributed by atoms with Crippen molar-refractivity contribution in [3.63, 3.8) is 0 Å². The van der Waals surface area contributed by atoms with E-state index < -0.39 is 0 Å². The molecule has 3 rings (SSSR count). The molecule has 0 radical (unpaired) electrons. The van der Waals surface area contributed by atoms with Gasteiger partial charge in [0, 0.05) is 24.8 Å². The number of urea groups is 1. The molecule has 0 atom stereocenters. The lowest BCUT2D eigenvalue weighted by Gasteiger charge is -2.17. The normalized spacial score (nSPS) is 10.7. The van der Waals surface area contributed by atoms with E-state index in [0.717, 1.165) is 15.8 Å². The molecular weight excluding hydrogens is 336 g/mol. The van der Waals surface area contributed by atoms with Crippen LogP contribution in [-0.2, 0) is 0 Å². The quantitative estimate of drug-likeness (QED) is 0.742. The molecule has 0 aliphatic rings. The fourth-order valence-electron chi connectivity index (χ4n) is 2.60. The molecule has 1 N–H and O–H groups in total.